The summed E-state index contributed by atoms with van der Waals surface area (Å²) < 4.78 is 0. The molecule has 0 heterocycles. The first kappa shape index (κ1) is 21.5. The van der Waals surface area contributed by atoms with Crippen molar-refractivity contribution in [1.82, 2.24) is 16.0 Å². The SMILES string of the molecule is CCNC(=NCCC(=O)NC1CCCCC1)NC(C)CC.I. The average molecular weight is 424 g/mol. The van der Waals surface area contributed by atoms with E-state index in [2.05, 4.69) is 34.8 Å². The highest BCUT2D eigenvalue weighted by molar-refractivity contribution is 14.0. The Kier molecular flexibility index (Phi) is 12.6. The van der Waals surface area contributed by atoms with Crippen LogP contribution in [0.1, 0.15) is 65.7 Å². The standard InChI is InChI=1S/C16H32N4O.HI/c1-4-13(3)19-16(17-5-2)18-12-11-15(21)20-14-9-7-6-8-10-14;/h13-14H,4-12H2,1-3H3,(H,20,21)(H2,17,18,19);1H. The van der Waals surface area contributed by atoms with Crippen molar-refractivity contribution in [3.8, 4) is 0 Å². The van der Waals surface area contributed by atoms with Crippen LogP contribution in [0.2, 0.25) is 0 Å². The normalized spacial score (nSPS) is 17.3. The van der Waals surface area contributed by atoms with Crippen molar-refractivity contribution < 1.29 is 4.79 Å². The summed E-state index contributed by atoms with van der Waals surface area (Å²) in [5.41, 5.74) is 0. The monoisotopic (exact) mass is 424 g/mol. The van der Waals surface area contributed by atoms with Gasteiger partial charge in [-0.2, -0.15) is 0 Å². The van der Waals surface area contributed by atoms with Crippen LogP contribution in [-0.2, 0) is 4.79 Å². The predicted octanol–water partition coefficient (Wildman–Crippen LogP) is 2.80. The fraction of sp³-hybridized carbons (Fsp3) is 0.875. The third-order valence-corrected chi connectivity index (χ3v) is 3.92. The molecule has 22 heavy (non-hydrogen) atoms. The molecule has 0 bridgehead atoms. The molecule has 0 aromatic carbocycles. The summed E-state index contributed by atoms with van der Waals surface area (Å²) in [6.45, 7) is 7.67. The Hall–Kier alpha value is -0.530. The first-order valence-corrected chi connectivity index (χ1v) is 8.49. The molecule has 1 amide bonds. The zero-order valence-corrected chi connectivity index (χ0v) is 16.6. The van der Waals surface area contributed by atoms with Gasteiger partial charge in [0.2, 0.25) is 5.91 Å². The maximum Gasteiger partial charge on any atom is 0.222 e. The molecule has 0 aliphatic heterocycles. The van der Waals surface area contributed by atoms with E-state index in [-0.39, 0.29) is 29.9 Å². The lowest BCUT2D eigenvalue weighted by Crippen LogP contribution is -2.42. The molecule has 1 aliphatic rings. The van der Waals surface area contributed by atoms with Crippen molar-refractivity contribution in [2.45, 2.75) is 77.8 Å². The molecule has 5 nitrogen and oxygen atoms in total. The van der Waals surface area contributed by atoms with Crippen molar-refractivity contribution >= 4 is 35.8 Å². The molecule has 0 saturated heterocycles. The summed E-state index contributed by atoms with van der Waals surface area (Å²) in [7, 11) is 0. The van der Waals surface area contributed by atoms with Gasteiger partial charge in [0.25, 0.3) is 0 Å². The van der Waals surface area contributed by atoms with Crippen LogP contribution in [-0.4, -0.2) is 37.0 Å². The Balaban J connectivity index is 0.00000441. The highest BCUT2D eigenvalue weighted by Crippen LogP contribution is 2.17. The molecule has 0 aromatic rings. The smallest absolute Gasteiger partial charge is 0.222 e. The van der Waals surface area contributed by atoms with Gasteiger partial charge in [0.05, 0.1) is 6.54 Å². The van der Waals surface area contributed by atoms with Gasteiger partial charge in [0.15, 0.2) is 5.96 Å². The lowest BCUT2D eigenvalue weighted by Gasteiger charge is -2.22. The second-order valence-corrected chi connectivity index (χ2v) is 5.87. The number of carbonyl (C=O) groups is 1. The van der Waals surface area contributed by atoms with E-state index in [1.807, 2.05) is 6.92 Å². The van der Waals surface area contributed by atoms with E-state index >= 15 is 0 Å². The third kappa shape index (κ3) is 9.48. The topological polar surface area (TPSA) is 65.5 Å². The van der Waals surface area contributed by atoms with Crippen LogP contribution in [0.4, 0.5) is 0 Å². The minimum Gasteiger partial charge on any atom is -0.357 e. The summed E-state index contributed by atoms with van der Waals surface area (Å²) in [5.74, 6) is 0.933. The highest BCUT2D eigenvalue weighted by Gasteiger charge is 2.15. The molecule has 6 heteroatoms. The van der Waals surface area contributed by atoms with Crippen LogP contribution in [0.3, 0.4) is 0 Å². The highest BCUT2D eigenvalue weighted by atomic mass is 127. The molecule has 0 aromatic heterocycles. The van der Waals surface area contributed by atoms with Gasteiger partial charge in [-0.1, -0.05) is 26.2 Å². The molecule has 130 valence electrons. The molecule has 1 unspecified atom stereocenters. The van der Waals surface area contributed by atoms with E-state index in [9.17, 15) is 4.79 Å². The Morgan fingerprint density at radius 2 is 1.91 bits per heavy atom. The van der Waals surface area contributed by atoms with Gasteiger partial charge in [0, 0.05) is 25.0 Å². The van der Waals surface area contributed by atoms with Gasteiger partial charge in [-0.25, -0.2) is 0 Å². The number of nitrogens with one attached hydrogen (secondary N) is 3. The van der Waals surface area contributed by atoms with Crippen molar-refractivity contribution in [3.05, 3.63) is 0 Å². The van der Waals surface area contributed by atoms with E-state index < -0.39 is 0 Å². The maximum atomic E-state index is 11.9. The summed E-state index contributed by atoms with van der Waals surface area (Å²) in [6, 6.07) is 0.778. The molecular formula is C16H33IN4O. The van der Waals surface area contributed by atoms with Gasteiger partial charge < -0.3 is 16.0 Å². The van der Waals surface area contributed by atoms with Crippen molar-refractivity contribution in [1.29, 1.82) is 0 Å². The number of halogens is 1. The van der Waals surface area contributed by atoms with E-state index in [0.29, 0.717) is 25.0 Å². The summed E-state index contributed by atoms with van der Waals surface area (Å²) in [5, 5.41) is 9.67. The van der Waals surface area contributed by atoms with Crippen molar-refractivity contribution in [2.24, 2.45) is 4.99 Å². The number of carbonyl (C=O) groups excluding carboxylic acids is 1. The number of aliphatic imine (C=N–C) groups is 1. The van der Waals surface area contributed by atoms with Crippen molar-refractivity contribution in [3.63, 3.8) is 0 Å². The summed E-state index contributed by atoms with van der Waals surface area (Å²) in [6.07, 6.45) is 7.57. The summed E-state index contributed by atoms with van der Waals surface area (Å²) in [4.78, 5) is 16.4. The molecule has 1 atom stereocenters. The Morgan fingerprint density at radius 1 is 1.23 bits per heavy atom. The second-order valence-electron chi connectivity index (χ2n) is 5.87. The number of rotatable bonds is 7. The van der Waals surface area contributed by atoms with Crippen molar-refractivity contribution in [2.75, 3.05) is 13.1 Å². The number of nitrogens with zero attached hydrogens (tertiary/aromatic N) is 1. The Bertz CT molecular complexity index is 330. The van der Waals surface area contributed by atoms with Gasteiger partial charge in [-0.15, -0.1) is 24.0 Å². The lowest BCUT2D eigenvalue weighted by molar-refractivity contribution is -0.121. The number of amides is 1. The quantitative estimate of drug-likeness (QED) is 0.335. The van der Waals surface area contributed by atoms with E-state index in [1.165, 1.54) is 19.3 Å². The van der Waals surface area contributed by atoms with Crippen LogP contribution in [0, 0.1) is 0 Å². The molecule has 1 aliphatic carbocycles. The number of hydrogen-bond donors (Lipinski definition) is 3. The zero-order valence-electron chi connectivity index (χ0n) is 14.3. The molecule has 0 spiro atoms. The van der Waals surface area contributed by atoms with Crippen LogP contribution in [0.15, 0.2) is 4.99 Å². The average Bonchev–Trinajstić information content (AvgIpc) is 2.48. The van der Waals surface area contributed by atoms with Gasteiger partial charge in [0.1, 0.15) is 0 Å². The maximum absolute atomic E-state index is 11.9. The fourth-order valence-corrected chi connectivity index (χ4v) is 2.47. The second kappa shape index (κ2) is 13.0. The van der Waals surface area contributed by atoms with E-state index in [0.717, 1.165) is 31.8 Å². The largest absolute Gasteiger partial charge is 0.357 e. The Morgan fingerprint density at radius 3 is 2.50 bits per heavy atom. The minimum absolute atomic E-state index is 0. The molecule has 1 saturated carbocycles. The van der Waals surface area contributed by atoms with Crippen LogP contribution in [0.5, 0.6) is 0 Å². The molecule has 1 rings (SSSR count). The first-order valence-electron chi connectivity index (χ1n) is 8.49. The molecule has 1 fully saturated rings. The predicted molar refractivity (Wildman–Crippen MR) is 104 cm³/mol. The number of guanidine groups is 1. The van der Waals surface area contributed by atoms with Gasteiger partial charge in [-0.05, 0) is 33.1 Å². The van der Waals surface area contributed by atoms with Gasteiger partial charge >= 0.3 is 0 Å². The fourth-order valence-electron chi connectivity index (χ4n) is 2.47. The first-order chi connectivity index (χ1) is 10.2. The lowest BCUT2D eigenvalue weighted by atomic mass is 9.95. The third-order valence-electron chi connectivity index (χ3n) is 3.92. The molecule has 0 radical (unpaired) electrons. The zero-order chi connectivity index (χ0) is 15.5. The van der Waals surface area contributed by atoms with Crippen LogP contribution >= 0.6 is 24.0 Å². The van der Waals surface area contributed by atoms with E-state index in [4.69, 9.17) is 0 Å². The summed E-state index contributed by atoms with van der Waals surface area (Å²) >= 11 is 0. The van der Waals surface area contributed by atoms with Crippen LogP contribution < -0.4 is 16.0 Å². The van der Waals surface area contributed by atoms with Crippen LogP contribution in [0.25, 0.3) is 0 Å². The number of hydrogen-bond acceptors (Lipinski definition) is 2. The van der Waals surface area contributed by atoms with Gasteiger partial charge in [-0.3, -0.25) is 9.79 Å². The molecular weight excluding hydrogens is 391 g/mol. The molecule has 3 N–H and O–H groups in total. The van der Waals surface area contributed by atoms with E-state index in [1.54, 1.807) is 0 Å². The minimum atomic E-state index is 0. The Labute approximate surface area is 152 Å².